The van der Waals surface area contributed by atoms with Crippen LogP contribution >= 0.6 is 38.5 Å². The molecular weight excluding hydrogens is 529 g/mol. The van der Waals surface area contributed by atoms with E-state index in [1.54, 1.807) is 7.11 Å². The standard InChI is InChI=1S/C23H21BrINO2/c1-15-4-9-21(16(2)10-15)26-13-18-11-20(25)23(22(12-18)27-3)28-14-17-5-7-19(24)8-6-17/h4-13H,14H2,1-3H3. The molecule has 0 unspecified atom stereocenters. The minimum absolute atomic E-state index is 0.482. The van der Waals surface area contributed by atoms with E-state index in [2.05, 4.69) is 69.5 Å². The molecule has 0 aromatic heterocycles. The summed E-state index contributed by atoms with van der Waals surface area (Å²) in [4.78, 5) is 4.64. The third kappa shape index (κ3) is 5.35. The molecule has 3 rings (SSSR count). The molecule has 0 amide bonds. The van der Waals surface area contributed by atoms with E-state index in [1.807, 2.05) is 48.7 Å². The largest absolute Gasteiger partial charge is 0.493 e. The van der Waals surface area contributed by atoms with E-state index in [-0.39, 0.29) is 0 Å². The van der Waals surface area contributed by atoms with Gasteiger partial charge in [-0.1, -0.05) is 45.8 Å². The molecular formula is C23H21BrINO2. The summed E-state index contributed by atoms with van der Waals surface area (Å²) in [7, 11) is 1.66. The number of benzene rings is 3. The molecule has 3 aromatic rings. The van der Waals surface area contributed by atoms with Crippen LogP contribution in [0.1, 0.15) is 22.3 Å². The van der Waals surface area contributed by atoms with Crippen LogP contribution in [0.25, 0.3) is 0 Å². The lowest BCUT2D eigenvalue weighted by atomic mass is 10.1. The zero-order valence-corrected chi connectivity index (χ0v) is 19.7. The Kier molecular flexibility index (Phi) is 7.13. The second-order valence-electron chi connectivity index (χ2n) is 6.50. The van der Waals surface area contributed by atoms with Crippen molar-refractivity contribution in [3.63, 3.8) is 0 Å². The third-order valence-electron chi connectivity index (χ3n) is 4.25. The Balaban J connectivity index is 1.80. The SMILES string of the molecule is COc1cc(C=Nc2ccc(C)cc2C)cc(I)c1OCc1ccc(Br)cc1. The number of rotatable bonds is 6. The first-order valence-electron chi connectivity index (χ1n) is 8.82. The normalized spacial score (nSPS) is 11.0. The average molecular weight is 550 g/mol. The van der Waals surface area contributed by atoms with Crippen molar-refractivity contribution in [1.82, 2.24) is 0 Å². The van der Waals surface area contributed by atoms with Crippen molar-refractivity contribution in [2.24, 2.45) is 4.99 Å². The number of halogens is 2. The maximum atomic E-state index is 6.04. The van der Waals surface area contributed by atoms with Crippen LogP contribution in [-0.2, 0) is 6.61 Å². The van der Waals surface area contributed by atoms with Gasteiger partial charge in [0, 0.05) is 10.7 Å². The molecule has 0 atom stereocenters. The zero-order valence-electron chi connectivity index (χ0n) is 16.0. The summed E-state index contributed by atoms with van der Waals surface area (Å²) < 4.78 is 13.6. The second kappa shape index (κ2) is 9.56. The van der Waals surface area contributed by atoms with Gasteiger partial charge in [0.1, 0.15) is 6.61 Å². The highest BCUT2D eigenvalue weighted by Crippen LogP contribution is 2.34. The molecule has 0 saturated heterocycles. The van der Waals surface area contributed by atoms with E-state index in [9.17, 15) is 0 Å². The Morgan fingerprint density at radius 2 is 1.79 bits per heavy atom. The molecule has 0 aliphatic rings. The zero-order chi connectivity index (χ0) is 20.1. The Morgan fingerprint density at radius 1 is 1.04 bits per heavy atom. The lowest BCUT2D eigenvalue weighted by molar-refractivity contribution is 0.282. The predicted molar refractivity (Wildman–Crippen MR) is 127 cm³/mol. The molecule has 5 heteroatoms. The van der Waals surface area contributed by atoms with Crippen molar-refractivity contribution in [2.45, 2.75) is 20.5 Å². The van der Waals surface area contributed by atoms with Gasteiger partial charge in [-0.25, -0.2) is 0 Å². The minimum atomic E-state index is 0.482. The number of ether oxygens (including phenoxy) is 2. The van der Waals surface area contributed by atoms with Crippen molar-refractivity contribution in [1.29, 1.82) is 0 Å². The molecule has 28 heavy (non-hydrogen) atoms. The molecule has 3 nitrogen and oxygen atoms in total. The molecule has 0 aliphatic carbocycles. The fraction of sp³-hybridized carbons (Fsp3) is 0.174. The molecule has 0 N–H and O–H groups in total. The van der Waals surface area contributed by atoms with Crippen molar-refractivity contribution in [3.05, 3.63) is 84.9 Å². The highest BCUT2D eigenvalue weighted by Gasteiger charge is 2.11. The van der Waals surface area contributed by atoms with Gasteiger partial charge in [0.2, 0.25) is 0 Å². The van der Waals surface area contributed by atoms with E-state index in [0.717, 1.165) is 36.2 Å². The number of hydrogen-bond donors (Lipinski definition) is 0. The molecule has 0 fully saturated rings. The predicted octanol–water partition coefficient (Wildman–Crippen LogP) is 7.01. The maximum Gasteiger partial charge on any atom is 0.174 e. The summed E-state index contributed by atoms with van der Waals surface area (Å²) in [5, 5.41) is 0. The number of nitrogens with zero attached hydrogens (tertiary/aromatic N) is 1. The summed E-state index contributed by atoms with van der Waals surface area (Å²) in [6.45, 7) is 4.64. The Labute approximate surface area is 188 Å². The fourth-order valence-electron chi connectivity index (χ4n) is 2.78. The van der Waals surface area contributed by atoms with Gasteiger partial charge in [0.15, 0.2) is 11.5 Å². The first kappa shape index (κ1) is 20.9. The van der Waals surface area contributed by atoms with Gasteiger partial charge < -0.3 is 9.47 Å². The number of hydrogen-bond acceptors (Lipinski definition) is 3. The topological polar surface area (TPSA) is 30.8 Å². The lowest BCUT2D eigenvalue weighted by Gasteiger charge is -2.13. The molecule has 0 heterocycles. The van der Waals surface area contributed by atoms with E-state index in [0.29, 0.717) is 12.4 Å². The summed E-state index contributed by atoms with van der Waals surface area (Å²) in [6.07, 6.45) is 1.86. The molecule has 0 aliphatic heterocycles. The maximum absolute atomic E-state index is 6.04. The van der Waals surface area contributed by atoms with Crippen molar-refractivity contribution >= 4 is 50.4 Å². The lowest BCUT2D eigenvalue weighted by Crippen LogP contribution is -2.00. The van der Waals surface area contributed by atoms with Gasteiger partial charge in [0.25, 0.3) is 0 Å². The Morgan fingerprint density at radius 3 is 2.46 bits per heavy atom. The average Bonchev–Trinajstić information content (AvgIpc) is 2.67. The van der Waals surface area contributed by atoms with Gasteiger partial charge in [-0.2, -0.15) is 0 Å². The van der Waals surface area contributed by atoms with Gasteiger partial charge in [-0.05, 0) is 83.5 Å². The van der Waals surface area contributed by atoms with Gasteiger partial charge in [0.05, 0.1) is 16.4 Å². The molecule has 0 radical (unpaired) electrons. The van der Waals surface area contributed by atoms with Gasteiger partial charge >= 0.3 is 0 Å². The summed E-state index contributed by atoms with van der Waals surface area (Å²) >= 11 is 5.72. The van der Waals surface area contributed by atoms with Crippen molar-refractivity contribution < 1.29 is 9.47 Å². The summed E-state index contributed by atoms with van der Waals surface area (Å²) in [5.41, 5.74) is 5.43. The van der Waals surface area contributed by atoms with E-state index in [1.165, 1.54) is 5.56 Å². The van der Waals surface area contributed by atoms with Crippen LogP contribution in [-0.4, -0.2) is 13.3 Å². The smallest absolute Gasteiger partial charge is 0.174 e. The second-order valence-corrected chi connectivity index (χ2v) is 8.58. The van der Waals surface area contributed by atoms with Crippen molar-refractivity contribution in [3.8, 4) is 11.5 Å². The highest BCUT2D eigenvalue weighted by molar-refractivity contribution is 14.1. The minimum Gasteiger partial charge on any atom is -0.493 e. The summed E-state index contributed by atoms with van der Waals surface area (Å²) in [5.74, 6) is 1.45. The first-order chi connectivity index (χ1) is 13.5. The van der Waals surface area contributed by atoms with Gasteiger partial charge in [-0.15, -0.1) is 0 Å². The van der Waals surface area contributed by atoms with Crippen LogP contribution in [0.2, 0.25) is 0 Å². The van der Waals surface area contributed by atoms with Crippen LogP contribution in [0.15, 0.2) is 64.1 Å². The number of aliphatic imine (C=N–C) groups is 1. The monoisotopic (exact) mass is 549 g/mol. The molecule has 0 bridgehead atoms. The Hall–Kier alpha value is -1.86. The quantitative estimate of drug-likeness (QED) is 0.244. The molecule has 144 valence electrons. The van der Waals surface area contributed by atoms with Crippen LogP contribution in [0.3, 0.4) is 0 Å². The summed E-state index contributed by atoms with van der Waals surface area (Å²) in [6, 6.07) is 18.3. The van der Waals surface area contributed by atoms with Crippen molar-refractivity contribution in [2.75, 3.05) is 7.11 Å². The molecule has 0 spiro atoms. The van der Waals surface area contributed by atoms with Crippen LogP contribution < -0.4 is 9.47 Å². The molecule has 0 saturated carbocycles. The number of methoxy groups -OCH3 is 1. The van der Waals surface area contributed by atoms with E-state index < -0.39 is 0 Å². The molecule has 3 aromatic carbocycles. The Bertz CT molecular complexity index is 1000. The number of aryl methyl sites for hydroxylation is 2. The fourth-order valence-corrected chi connectivity index (χ4v) is 3.83. The highest BCUT2D eigenvalue weighted by atomic mass is 127. The van der Waals surface area contributed by atoms with Crippen LogP contribution in [0.4, 0.5) is 5.69 Å². The third-order valence-corrected chi connectivity index (χ3v) is 5.58. The van der Waals surface area contributed by atoms with Crippen LogP contribution in [0, 0.1) is 17.4 Å². The van der Waals surface area contributed by atoms with Gasteiger partial charge in [-0.3, -0.25) is 4.99 Å². The first-order valence-corrected chi connectivity index (χ1v) is 10.7. The van der Waals surface area contributed by atoms with E-state index >= 15 is 0 Å². The van der Waals surface area contributed by atoms with Crippen LogP contribution in [0.5, 0.6) is 11.5 Å². The van der Waals surface area contributed by atoms with E-state index in [4.69, 9.17) is 9.47 Å².